The van der Waals surface area contributed by atoms with Gasteiger partial charge in [-0.3, -0.25) is 0 Å². The van der Waals surface area contributed by atoms with Crippen LogP contribution in [-0.2, 0) is 0 Å². The number of hydrogen-bond donors (Lipinski definition) is 2. The van der Waals surface area contributed by atoms with Gasteiger partial charge in [0.15, 0.2) is 0 Å². The molecule has 0 aromatic heterocycles. The molecule has 2 N–H and O–H groups in total. The lowest BCUT2D eigenvalue weighted by Crippen LogP contribution is -2.27. The highest BCUT2D eigenvalue weighted by atomic mass is 16.2. The maximum absolute atomic E-state index is 8.77. The summed E-state index contributed by atoms with van der Waals surface area (Å²) in [7, 11) is 0. The molecule has 0 radical (unpaired) electrons. The maximum Gasteiger partial charge on any atom is 0.0431 e. The molecule has 0 heterocycles. The highest BCUT2D eigenvalue weighted by Gasteiger charge is 2.23. The van der Waals surface area contributed by atoms with Crippen molar-refractivity contribution in [3.8, 4) is 0 Å². The summed E-state index contributed by atoms with van der Waals surface area (Å²) in [5.74, 6) is 0.696. The van der Waals surface area contributed by atoms with Gasteiger partial charge in [-0.1, -0.05) is 31.2 Å². The standard InChI is InChI=1S/C15H23NO/c1-12-8-9-15(16-10-4-5-11-17)14-7-3-2-6-13(12)14/h2-3,6-7,12,15-17H,4-5,8-11H2,1H3. The second-order valence-electron chi connectivity index (χ2n) is 5.04. The van der Waals surface area contributed by atoms with E-state index in [9.17, 15) is 0 Å². The maximum atomic E-state index is 8.77. The predicted molar refractivity (Wildman–Crippen MR) is 71.2 cm³/mol. The first kappa shape index (κ1) is 12.6. The first-order valence-corrected chi connectivity index (χ1v) is 6.76. The molecule has 2 atom stereocenters. The average Bonchev–Trinajstić information content (AvgIpc) is 2.37. The number of unbranched alkanes of at least 4 members (excludes halogenated alkanes) is 1. The summed E-state index contributed by atoms with van der Waals surface area (Å²) in [6.07, 6.45) is 4.47. The molecule has 0 saturated heterocycles. The molecule has 2 unspecified atom stereocenters. The Morgan fingerprint density at radius 3 is 2.71 bits per heavy atom. The van der Waals surface area contributed by atoms with E-state index >= 15 is 0 Å². The molecule has 0 bridgehead atoms. The highest BCUT2D eigenvalue weighted by Crippen LogP contribution is 2.36. The lowest BCUT2D eigenvalue weighted by molar-refractivity contribution is 0.281. The van der Waals surface area contributed by atoms with E-state index in [0.717, 1.165) is 19.4 Å². The number of hydrogen-bond acceptors (Lipinski definition) is 2. The Morgan fingerprint density at radius 1 is 1.18 bits per heavy atom. The minimum Gasteiger partial charge on any atom is -0.396 e. The Bertz CT molecular complexity index is 351. The Balaban J connectivity index is 1.98. The van der Waals surface area contributed by atoms with Crippen molar-refractivity contribution in [3.63, 3.8) is 0 Å². The summed E-state index contributed by atoms with van der Waals surface area (Å²) in [6.45, 7) is 3.63. The molecule has 1 aromatic rings. The van der Waals surface area contributed by atoms with Crippen molar-refractivity contribution < 1.29 is 5.11 Å². The molecular formula is C15H23NO. The van der Waals surface area contributed by atoms with E-state index in [0.29, 0.717) is 18.6 Å². The lowest BCUT2D eigenvalue weighted by atomic mass is 9.81. The molecule has 1 aliphatic carbocycles. The average molecular weight is 233 g/mol. The molecule has 2 rings (SSSR count). The number of aliphatic hydroxyl groups excluding tert-OH is 1. The van der Waals surface area contributed by atoms with Crippen LogP contribution in [0.1, 0.15) is 55.7 Å². The number of rotatable bonds is 5. The third kappa shape index (κ3) is 3.08. The van der Waals surface area contributed by atoms with Crippen LogP contribution in [0.5, 0.6) is 0 Å². The normalized spacial score (nSPS) is 23.4. The molecule has 1 aliphatic rings. The topological polar surface area (TPSA) is 32.3 Å². The molecule has 0 amide bonds. The first-order chi connectivity index (χ1) is 8.33. The van der Waals surface area contributed by atoms with Gasteiger partial charge < -0.3 is 10.4 Å². The van der Waals surface area contributed by atoms with Crippen molar-refractivity contribution in [3.05, 3.63) is 35.4 Å². The number of aliphatic hydroxyl groups is 1. The van der Waals surface area contributed by atoms with Gasteiger partial charge in [0.25, 0.3) is 0 Å². The van der Waals surface area contributed by atoms with Crippen LogP contribution in [-0.4, -0.2) is 18.3 Å². The van der Waals surface area contributed by atoms with Crippen LogP contribution in [0.3, 0.4) is 0 Å². The van der Waals surface area contributed by atoms with Crippen molar-refractivity contribution in [1.29, 1.82) is 0 Å². The zero-order valence-electron chi connectivity index (χ0n) is 10.7. The van der Waals surface area contributed by atoms with Gasteiger partial charge in [0.1, 0.15) is 0 Å². The van der Waals surface area contributed by atoms with E-state index in [1.807, 2.05) is 0 Å². The third-order valence-electron chi connectivity index (χ3n) is 3.77. The Kier molecular flexibility index (Phi) is 4.57. The summed E-state index contributed by atoms with van der Waals surface area (Å²) >= 11 is 0. The van der Waals surface area contributed by atoms with Gasteiger partial charge in [0.2, 0.25) is 0 Å². The smallest absolute Gasteiger partial charge is 0.0431 e. The lowest BCUT2D eigenvalue weighted by Gasteiger charge is -2.30. The zero-order chi connectivity index (χ0) is 12.1. The quantitative estimate of drug-likeness (QED) is 0.766. The molecule has 94 valence electrons. The van der Waals surface area contributed by atoms with Crippen molar-refractivity contribution in [2.75, 3.05) is 13.2 Å². The Morgan fingerprint density at radius 2 is 1.94 bits per heavy atom. The fourth-order valence-corrected chi connectivity index (χ4v) is 2.73. The Labute approximate surface area is 104 Å². The summed E-state index contributed by atoms with van der Waals surface area (Å²) in [5, 5.41) is 12.4. The number of nitrogens with one attached hydrogen (secondary N) is 1. The van der Waals surface area contributed by atoms with E-state index in [-0.39, 0.29) is 0 Å². The number of benzene rings is 1. The van der Waals surface area contributed by atoms with Gasteiger partial charge in [-0.25, -0.2) is 0 Å². The molecule has 17 heavy (non-hydrogen) atoms. The van der Waals surface area contributed by atoms with Gasteiger partial charge >= 0.3 is 0 Å². The molecule has 0 saturated carbocycles. The highest BCUT2D eigenvalue weighted by molar-refractivity contribution is 5.34. The number of fused-ring (bicyclic) bond motifs is 1. The molecule has 2 nitrogen and oxygen atoms in total. The van der Waals surface area contributed by atoms with E-state index < -0.39 is 0 Å². The van der Waals surface area contributed by atoms with Crippen molar-refractivity contribution in [2.24, 2.45) is 0 Å². The van der Waals surface area contributed by atoms with Crippen LogP contribution >= 0.6 is 0 Å². The van der Waals surface area contributed by atoms with Crippen LogP contribution in [0, 0.1) is 0 Å². The fourth-order valence-electron chi connectivity index (χ4n) is 2.73. The minimum absolute atomic E-state index is 0.306. The second-order valence-corrected chi connectivity index (χ2v) is 5.04. The molecule has 0 spiro atoms. The van der Waals surface area contributed by atoms with E-state index in [1.54, 1.807) is 0 Å². The summed E-state index contributed by atoms with van der Waals surface area (Å²) in [5.41, 5.74) is 2.99. The van der Waals surface area contributed by atoms with Gasteiger partial charge in [-0.15, -0.1) is 0 Å². The second kappa shape index (κ2) is 6.18. The van der Waals surface area contributed by atoms with Gasteiger partial charge in [0.05, 0.1) is 0 Å². The summed E-state index contributed by atoms with van der Waals surface area (Å²) in [6, 6.07) is 9.32. The molecular weight excluding hydrogens is 210 g/mol. The van der Waals surface area contributed by atoms with Crippen LogP contribution in [0.15, 0.2) is 24.3 Å². The monoisotopic (exact) mass is 233 g/mol. The molecule has 1 aromatic carbocycles. The van der Waals surface area contributed by atoms with Crippen LogP contribution in [0.4, 0.5) is 0 Å². The summed E-state index contributed by atoms with van der Waals surface area (Å²) < 4.78 is 0. The zero-order valence-corrected chi connectivity index (χ0v) is 10.7. The SMILES string of the molecule is CC1CCC(NCCCCO)c2ccccc21. The van der Waals surface area contributed by atoms with E-state index in [2.05, 4.69) is 36.5 Å². The summed E-state index contributed by atoms with van der Waals surface area (Å²) in [4.78, 5) is 0. The molecule has 0 aliphatic heterocycles. The van der Waals surface area contributed by atoms with Gasteiger partial charge in [-0.2, -0.15) is 0 Å². The van der Waals surface area contributed by atoms with Gasteiger partial charge in [0, 0.05) is 12.6 Å². The van der Waals surface area contributed by atoms with E-state index in [4.69, 9.17) is 5.11 Å². The van der Waals surface area contributed by atoms with Gasteiger partial charge in [-0.05, 0) is 49.3 Å². The first-order valence-electron chi connectivity index (χ1n) is 6.76. The minimum atomic E-state index is 0.306. The largest absolute Gasteiger partial charge is 0.396 e. The Hall–Kier alpha value is -0.860. The third-order valence-corrected chi connectivity index (χ3v) is 3.77. The molecule has 0 fully saturated rings. The molecule has 2 heteroatoms. The van der Waals surface area contributed by atoms with Crippen LogP contribution < -0.4 is 5.32 Å². The van der Waals surface area contributed by atoms with Crippen molar-refractivity contribution >= 4 is 0 Å². The van der Waals surface area contributed by atoms with Crippen molar-refractivity contribution in [1.82, 2.24) is 5.32 Å². The predicted octanol–water partition coefficient (Wildman–Crippen LogP) is 2.99. The van der Waals surface area contributed by atoms with Crippen LogP contribution in [0.25, 0.3) is 0 Å². The fraction of sp³-hybridized carbons (Fsp3) is 0.600. The van der Waals surface area contributed by atoms with E-state index in [1.165, 1.54) is 24.0 Å². The van der Waals surface area contributed by atoms with Crippen LogP contribution in [0.2, 0.25) is 0 Å². The van der Waals surface area contributed by atoms with Crippen molar-refractivity contribution in [2.45, 2.75) is 44.6 Å².